The Hall–Kier alpha value is -2.29. The lowest BCUT2D eigenvalue weighted by molar-refractivity contribution is 0.498. The lowest BCUT2D eigenvalue weighted by Gasteiger charge is -2.08. The minimum absolute atomic E-state index is 0.113. The van der Waals surface area contributed by atoms with Gasteiger partial charge in [-0.15, -0.1) is 0 Å². The van der Waals surface area contributed by atoms with E-state index in [2.05, 4.69) is 11.9 Å². The Balaban J connectivity index is 2.24. The maximum absolute atomic E-state index is 13.5. The summed E-state index contributed by atoms with van der Waals surface area (Å²) in [6, 6.07) is 6.48. The maximum Gasteiger partial charge on any atom is 0.271 e. The number of nitrogens with two attached hydrogens (primary N) is 1. The van der Waals surface area contributed by atoms with Crippen molar-refractivity contribution in [2.24, 2.45) is 0 Å². The van der Waals surface area contributed by atoms with Crippen LogP contribution < -0.4 is 16.5 Å². The van der Waals surface area contributed by atoms with E-state index in [4.69, 9.17) is 28.9 Å². The van der Waals surface area contributed by atoms with Crippen molar-refractivity contribution < 1.29 is 13.5 Å². The first-order valence-corrected chi connectivity index (χ1v) is 13.2. The molecule has 3 N–H and O–H groups in total. The number of hydrogen-bond donors (Lipinski definition) is 2. The van der Waals surface area contributed by atoms with Crippen molar-refractivity contribution in [3.05, 3.63) is 50.0 Å². The number of nitrogens with zero attached hydrogens (tertiary/aromatic N) is 2. The van der Waals surface area contributed by atoms with E-state index in [0.29, 0.717) is 17.0 Å². The Bertz CT molecular complexity index is 1380. The van der Waals surface area contributed by atoms with Crippen LogP contribution in [-0.2, 0) is 9.84 Å². The van der Waals surface area contributed by atoms with Crippen molar-refractivity contribution in [2.45, 2.75) is 57.3 Å². The molecule has 2 aromatic heterocycles. The van der Waals surface area contributed by atoms with Crippen LogP contribution in [0.25, 0.3) is 22.5 Å². The Morgan fingerprint density at radius 1 is 1.09 bits per heavy atom. The first kappa shape index (κ1) is 25.3. The van der Waals surface area contributed by atoms with Crippen molar-refractivity contribution in [2.75, 3.05) is 11.5 Å². The van der Waals surface area contributed by atoms with Crippen LogP contribution in [0.5, 0.6) is 0 Å². The minimum Gasteiger partial charge on any atom is -0.512 e. The van der Waals surface area contributed by atoms with Gasteiger partial charge in [0.15, 0.2) is 15.5 Å². The molecule has 33 heavy (non-hydrogen) atoms. The van der Waals surface area contributed by atoms with Gasteiger partial charge in [0.05, 0.1) is 5.75 Å². The molecule has 0 saturated carbocycles. The fourth-order valence-corrected chi connectivity index (χ4v) is 6.14. The number of nitrogen functional groups attached to an aromatic ring is 1. The lowest BCUT2D eigenvalue weighted by atomic mass is 10.1. The number of aliphatic hydroxyl groups is 1. The molecule has 178 valence electrons. The molecule has 0 fully saturated rings. The van der Waals surface area contributed by atoms with Crippen molar-refractivity contribution >= 4 is 50.3 Å². The zero-order valence-electron chi connectivity index (χ0n) is 18.6. The van der Waals surface area contributed by atoms with Crippen LogP contribution in [0.1, 0.15) is 52.4 Å². The highest BCUT2D eigenvalue weighted by atomic mass is 35.5. The highest BCUT2D eigenvalue weighted by molar-refractivity contribution is 7.91. The predicted octanol–water partition coefficient (Wildman–Crippen LogP) is 4.79. The van der Waals surface area contributed by atoms with Crippen LogP contribution in [0.2, 0.25) is 10.2 Å². The summed E-state index contributed by atoms with van der Waals surface area (Å²) in [7, 11) is -3.88. The van der Waals surface area contributed by atoms with Crippen molar-refractivity contribution in [3.63, 3.8) is 0 Å². The number of aromatic nitrogens is 2. The van der Waals surface area contributed by atoms with Gasteiger partial charge in [0, 0.05) is 10.6 Å². The van der Waals surface area contributed by atoms with Crippen LogP contribution in [0.15, 0.2) is 34.0 Å². The van der Waals surface area contributed by atoms with Crippen LogP contribution in [0.3, 0.4) is 0 Å². The van der Waals surface area contributed by atoms with Crippen LogP contribution >= 0.6 is 23.2 Å². The van der Waals surface area contributed by atoms with E-state index in [-0.39, 0.29) is 43.8 Å². The zero-order valence-corrected chi connectivity index (χ0v) is 20.9. The molecule has 1 aromatic carbocycles. The van der Waals surface area contributed by atoms with Gasteiger partial charge in [0.1, 0.15) is 26.8 Å². The fraction of sp³-hybridized carbons (Fsp3) is 0.391. The number of fused-ring (bicyclic) bond motifs is 1. The van der Waals surface area contributed by atoms with Gasteiger partial charge < -0.3 is 10.8 Å². The van der Waals surface area contributed by atoms with Crippen LogP contribution in [-0.4, -0.2) is 28.7 Å². The minimum atomic E-state index is -3.88. The molecular weight excluding hydrogens is 485 g/mol. The first-order valence-electron chi connectivity index (χ1n) is 10.8. The summed E-state index contributed by atoms with van der Waals surface area (Å²) in [5.41, 5.74) is 5.67. The number of unbranched alkanes of at least 4 members (excludes halogenated alkanes) is 5. The van der Waals surface area contributed by atoms with E-state index >= 15 is 0 Å². The van der Waals surface area contributed by atoms with Crippen LogP contribution in [0, 0.1) is 0 Å². The first-order chi connectivity index (χ1) is 15.6. The summed E-state index contributed by atoms with van der Waals surface area (Å²) in [4.78, 5) is 17.2. The summed E-state index contributed by atoms with van der Waals surface area (Å²) in [6.45, 7) is 3.42. The van der Waals surface area contributed by atoms with Crippen molar-refractivity contribution in [1.82, 2.24) is 9.38 Å². The smallest absolute Gasteiger partial charge is 0.271 e. The van der Waals surface area contributed by atoms with E-state index in [0.717, 1.165) is 36.5 Å². The Labute approximate surface area is 202 Å². The highest BCUT2D eigenvalue weighted by Gasteiger charge is 2.31. The summed E-state index contributed by atoms with van der Waals surface area (Å²) in [6.07, 6.45) is 5.49. The van der Waals surface area contributed by atoms with E-state index in [9.17, 15) is 18.3 Å². The number of sulfone groups is 1. The number of halogens is 2. The molecule has 0 aliphatic carbocycles. The summed E-state index contributed by atoms with van der Waals surface area (Å²) >= 11 is 12.6. The Morgan fingerprint density at radius 2 is 1.70 bits per heavy atom. The van der Waals surface area contributed by atoms with E-state index in [1.54, 1.807) is 24.3 Å². The molecule has 7 nitrogen and oxygen atoms in total. The van der Waals surface area contributed by atoms with Gasteiger partial charge in [-0.1, -0.05) is 74.4 Å². The molecule has 0 bridgehead atoms. The number of rotatable bonds is 9. The van der Waals surface area contributed by atoms with E-state index in [1.165, 1.54) is 6.92 Å². The normalized spacial score (nSPS) is 13.0. The number of anilines is 1. The van der Waals surface area contributed by atoms with Crippen molar-refractivity contribution in [3.8, 4) is 11.1 Å². The Kier molecular flexibility index (Phi) is 7.92. The fourth-order valence-electron chi connectivity index (χ4n) is 3.87. The third-order valence-electron chi connectivity index (χ3n) is 5.52. The zero-order chi connectivity index (χ0) is 24.3. The molecule has 0 atom stereocenters. The molecule has 0 unspecified atom stereocenters. The second kappa shape index (κ2) is 10.3. The summed E-state index contributed by atoms with van der Waals surface area (Å²) in [5, 5.41) is 10.1. The van der Waals surface area contributed by atoms with Crippen LogP contribution in [0.4, 0.5) is 5.82 Å². The van der Waals surface area contributed by atoms with Gasteiger partial charge in [-0.25, -0.2) is 17.8 Å². The molecule has 0 radical (unpaired) electrons. The lowest BCUT2D eigenvalue weighted by Crippen LogP contribution is -2.36. The number of aliphatic hydroxyl groups excluding tert-OH is 1. The topological polar surface area (TPSA) is 115 Å². The third kappa shape index (κ3) is 5.13. The molecule has 10 heteroatoms. The molecule has 0 spiro atoms. The second-order valence-electron chi connectivity index (χ2n) is 8.01. The van der Waals surface area contributed by atoms with Gasteiger partial charge in [-0.2, -0.15) is 0 Å². The van der Waals surface area contributed by atoms with E-state index in [1.807, 2.05) is 0 Å². The molecule has 3 rings (SSSR count). The average Bonchev–Trinajstić information content (AvgIpc) is 3.04. The number of hydrogen-bond acceptors (Lipinski definition) is 6. The van der Waals surface area contributed by atoms with Gasteiger partial charge in [0.25, 0.3) is 5.56 Å². The number of benzene rings is 1. The van der Waals surface area contributed by atoms with E-state index < -0.39 is 15.4 Å². The van der Waals surface area contributed by atoms with Gasteiger partial charge in [-0.3, -0.25) is 4.79 Å². The van der Waals surface area contributed by atoms with Crippen molar-refractivity contribution in [1.29, 1.82) is 0 Å². The second-order valence-corrected chi connectivity index (χ2v) is 10.9. The standard InChI is InChI=1S/C23H27Cl2N3O4S/c1-3-4-5-6-7-8-13-33(31,32)19-18(15-9-11-16(24)12-10-15)20(25)28-22(19)27-21(26)17(14(2)29)23(28)30/h9-12,29H,3-8,13H2,1-2H3,(H2,26,27)/b17-14-. The molecule has 3 aromatic rings. The SMILES string of the molecule is CCCCCCCCS(=O)(=O)c1c(-c2ccc(Cl)cc2)c(Cl)n2c(=O)/c(=C(/C)O)c(N)nc12. The molecule has 0 aliphatic rings. The molecule has 0 amide bonds. The average molecular weight is 512 g/mol. The third-order valence-corrected chi connectivity index (χ3v) is 7.96. The largest absolute Gasteiger partial charge is 0.512 e. The van der Waals surface area contributed by atoms with Gasteiger partial charge in [0.2, 0.25) is 0 Å². The van der Waals surface area contributed by atoms with Gasteiger partial charge in [-0.05, 0) is 31.0 Å². The maximum atomic E-state index is 13.5. The molecule has 0 saturated heterocycles. The molecular formula is C23H27Cl2N3O4S. The Morgan fingerprint density at radius 3 is 2.30 bits per heavy atom. The molecule has 2 heterocycles. The monoisotopic (exact) mass is 511 g/mol. The predicted molar refractivity (Wildman–Crippen MR) is 134 cm³/mol. The van der Waals surface area contributed by atoms with Gasteiger partial charge >= 0.3 is 0 Å². The molecule has 0 aliphatic heterocycles. The highest BCUT2D eigenvalue weighted by Crippen LogP contribution is 2.39. The summed E-state index contributed by atoms with van der Waals surface area (Å²) in [5.74, 6) is -0.709. The summed E-state index contributed by atoms with van der Waals surface area (Å²) < 4.78 is 28.0. The quantitative estimate of drug-likeness (QED) is 0.399.